The Balaban J connectivity index is 1.77. The van der Waals surface area contributed by atoms with Gasteiger partial charge in [0.25, 0.3) is 0 Å². The summed E-state index contributed by atoms with van der Waals surface area (Å²) >= 11 is 0. The number of nitrogens with two attached hydrogens (primary N) is 1. The Labute approximate surface area is 191 Å². The largest absolute Gasteiger partial charge is 0.491 e. The fourth-order valence-corrected chi connectivity index (χ4v) is 3.99. The molecule has 3 N–H and O–H groups in total. The molecule has 2 atom stereocenters. The van der Waals surface area contributed by atoms with Crippen LogP contribution in [0, 0.1) is 11.3 Å². The lowest BCUT2D eigenvalue weighted by atomic mass is 9.99. The molecule has 2 aromatic carbocycles. The molecule has 9 heteroatoms. The Hall–Kier alpha value is -3.88. The van der Waals surface area contributed by atoms with E-state index in [1.54, 1.807) is 12.1 Å². The number of methoxy groups -OCH3 is 2. The molecule has 1 aliphatic rings. The summed E-state index contributed by atoms with van der Waals surface area (Å²) in [5, 5.41) is 7.96. The highest BCUT2D eigenvalue weighted by Crippen LogP contribution is 2.30. The topological polar surface area (TPSA) is 132 Å². The molecular formula is C24H27N3O6. The summed E-state index contributed by atoms with van der Waals surface area (Å²) < 4.78 is 15.2. The summed E-state index contributed by atoms with van der Waals surface area (Å²) in [4.78, 5) is 37.4. The molecule has 1 amide bonds. The Kier molecular flexibility index (Phi) is 7.66. The molecule has 3 rings (SSSR count). The third kappa shape index (κ3) is 5.68. The quantitative estimate of drug-likeness (QED) is 0.283. The van der Waals surface area contributed by atoms with Crippen molar-refractivity contribution in [2.24, 2.45) is 11.7 Å². The van der Waals surface area contributed by atoms with Crippen LogP contribution in [0.1, 0.15) is 18.4 Å². The molecule has 1 heterocycles. The van der Waals surface area contributed by atoms with Crippen LogP contribution < -0.4 is 10.5 Å². The highest BCUT2D eigenvalue weighted by molar-refractivity contribution is 6.32. The van der Waals surface area contributed by atoms with Crippen molar-refractivity contribution in [1.29, 1.82) is 5.41 Å². The zero-order valence-electron chi connectivity index (χ0n) is 18.6. The van der Waals surface area contributed by atoms with Gasteiger partial charge in [-0.05, 0) is 41.7 Å². The molecular weight excluding hydrogens is 426 g/mol. The van der Waals surface area contributed by atoms with Crippen molar-refractivity contribution in [2.45, 2.75) is 18.9 Å². The second-order valence-corrected chi connectivity index (χ2v) is 7.78. The molecule has 1 aliphatic heterocycles. The zero-order chi connectivity index (χ0) is 24.0. The van der Waals surface area contributed by atoms with Crippen molar-refractivity contribution in [3.63, 3.8) is 0 Å². The van der Waals surface area contributed by atoms with E-state index in [2.05, 4.69) is 4.74 Å². The third-order valence-electron chi connectivity index (χ3n) is 5.61. The van der Waals surface area contributed by atoms with E-state index in [-0.39, 0.29) is 37.3 Å². The molecule has 174 valence electrons. The predicted octanol–water partition coefficient (Wildman–Crippen LogP) is 1.97. The van der Waals surface area contributed by atoms with Crippen LogP contribution in [0.5, 0.6) is 5.75 Å². The van der Waals surface area contributed by atoms with Gasteiger partial charge in [-0.3, -0.25) is 15.0 Å². The van der Waals surface area contributed by atoms with Crippen molar-refractivity contribution in [3.8, 4) is 16.9 Å². The lowest BCUT2D eigenvalue weighted by Gasteiger charge is -2.23. The molecule has 1 saturated heterocycles. The number of esters is 2. The van der Waals surface area contributed by atoms with E-state index in [0.717, 1.165) is 18.2 Å². The smallest absolute Gasteiger partial charge is 0.396 e. The second kappa shape index (κ2) is 10.6. The fraction of sp³-hybridized carbons (Fsp3) is 0.333. The van der Waals surface area contributed by atoms with E-state index in [9.17, 15) is 14.4 Å². The fourth-order valence-electron chi connectivity index (χ4n) is 3.99. The van der Waals surface area contributed by atoms with Crippen molar-refractivity contribution in [3.05, 3.63) is 54.1 Å². The number of nitrogens with one attached hydrogen (secondary N) is 1. The number of hydrogen-bond acceptors (Lipinski definition) is 7. The number of amides is 1. The van der Waals surface area contributed by atoms with Crippen LogP contribution in [0.4, 0.5) is 0 Å². The lowest BCUT2D eigenvalue weighted by Crippen LogP contribution is -2.43. The van der Waals surface area contributed by atoms with Gasteiger partial charge in [0.1, 0.15) is 18.2 Å². The number of benzene rings is 2. The van der Waals surface area contributed by atoms with E-state index in [1.165, 1.54) is 12.0 Å². The van der Waals surface area contributed by atoms with Gasteiger partial charge >= 0.3 is 17.8 Å². The van der Waals surface area contributed by atoms with E-state index in [0.29, 0.717) is 17.7 Å². The van der Waals surface area contributed by atoms with E-state index in [1.807, 2.05) is 36.4 Å². The van der Waals surface area contributed by atoms with Gasteiger partial charge in [-0.2, -0.15) is 0 Å². The first-order valence-electron chi connectivity index (χ1n) is 10.5. The molecule has 2 aromatic rings. The maximum atomic E-state index is 12.5. The number of carbonyl (C=O) groups excluding carboxylic acids is 3. The second-order valence-electron chi connectivity index (χ2n) is 7.78. The van der Waals surface area contributed by atoms with E-state index < -0.39 is 17.9 Å². The standard InChI is InChI=1S/C24H27N3O6/c1-31-21(28)11-15-10-17(27(13-15)23(29)24(30)32-2)14-33-18-8-9-19(20(12-18)22(25)26)16-6-4-3-5-7-16/h3-9,12,15,17H,10-11,13-14H2,1-2H3,(H3,25,26)/t15-,17-/m0/s1. The number of rotatable bonds is 7. The van der Waals surface area contributed by atoms with Crippen molar-refractivity contribution in [2.75, 3.05) is 27.4 Å². The molecule has 1 fully saturated rings. The average Bonchev–Trinajstić information content (AvgIpc) is 3.24. The first kappa shape index (κ1) is 23.8. The van der Waals surface area contributed by atoms with Crippen LogP contribution in [0.3, 0.4) is 0 Å². The first-order chi connectivity index (χ1) is 15.8. The van der Waals surface area contributed by atoms with E-state index in [4.69, 9.17) is 20.6 Å². The normalized spacial score (nSPS) is 17.3. The molecule has 0 spiro atoms. The van der Waals surface area contributed by atoms with Crippen LogP contribution in [-0.2, 0) is 23.9 Å². The molecule has 0 unspecified atom stereocenters. The predicted molar refractivity (Wildman–Crippen MR) is 121 cm³/mol. The van der Waals surface area contributed by atoms with E-state index >= 15 is 0 Å². The van der Waals surface area contributed by atoms with Gasteiger partial charge in [0.2, 0.25) is 0 Å². The van der Waals surface area contributed by atoms with Gasteiger partial charge in [0.05, 0.1) is 26.7 Å². The highest BCUT2D eigenvalue weighted by atomic mass is 16.5. The number of ether oxygens (including phenoxy) is 3. The maximum Gasteiger partial charge on any atom is 0.396 e. The van der Waals surface area contributed by atoms with Crippen LogP contribution in [0.15, 0.2) is 48.5 Å². The monoisotopic (exact) mass is 453 g/mol. The Morgan fingerprint density at radius 1 is 1.09 bits per heavy atom. The molecule has 0 aliphatic carbocycles. The number of nitrogens with zero attached hydrogens (tertiary/aromatic N) is 1. The molecule has 0 aromatic heterocycles. The minimum atomic E-state index is -0.968. The number of hydrogen-bond donors (Lipinski definition) is 2. The molecule has 33 heavy (non-hydrogen) atoms. The summed E-state index contributed by atoms with van der Waals surface area (Å²) in [6.07, 6.45) is 0.609. The number of likely N-dealkylation sites (tertiary alicyclic amines) is 1. The van der Waals surface area contributed by atoms with Crippen molar-refractivity contribution in [1.82, 2.24) is 4.90 Å². The number of nitrogen functional groups attached to an aromatic ring is 1. The Morgan fingerprint density at radius 2 is 1.82 bits per heavy atom. The summed E-state index contributed by atoms with van der Waals surface area (Å²) in [5.74, 6) is -1.91. The Bertz CT molecular complexity index is 1040. The highest BCUT2D eigenvalue weighted by Gasteiger charge is 2.39. The molecule has 0 saturated carbocycles. The SMILES string of the molecule is COC(=O)C[C@@H]1C[C@@H](COc2ccc(-c3ccccc3)c(C(=N)N)c2)N(C(=O)C(=O)OC)C1. The summed E-state index contributed by atoms with van der Waals surface area (Å²) in [7, 11) is 2.45. The van der Waals surface area contributed by atoms with Crippen LogP contribution in [0.25, 0.3) is 11.1 Å². The van der Waals surface area contributed by atoms with Gasteiger partial charge in [-0.15, -0.1) is 0 Å². The van der Waals surface area contributed by atoms with Crippen LogP contribution in [0.2, 0.25) is 0 Å². The van der Waals surface area contributed by atoms with Crippen molar-refractivity contribution < 1.29 is 28.6 Å². The minimum absolute atomic E-state index is 0.0965. The summed E-state index contributed by atoms with van der Waals surface area (Å²) in [6.45, 7) is 0.325. The first-order valence-corrected chi connectivity index (χ1v) is 10.5. The number of amidine groups is 1. The van der Waals surface area contributed by atoms with Crippen molar-refractivity contribution >= 4 is 23.7 Å². The maximum absolute atomic E-state index is 12.5. The third-order valence-corrected chi connectivity index (χ3v) is 5.61. The van der Waals surface area contributed by atoms with Gasteiger partial charge < -0.3 is 24.8 Å². The van der Waals surface area contributed by atoms with Gasteiger partial charge in [-0.1, -0.05) is 30.3 Å². The summed E-state index contributed by atoms with van der Waals surface area (Å²) in [6, 6.07) is 14.4. The Morgan fingerprint density at radius 3 is 2.45 bits per heavy atom. The summed E-state index contributed by atoms with van der Waals surface area (Å²) in [5.41, 5.74) is 8.06. The minimum Gasteiger partial charge on any atom is -0.491 e. The average molecular weight is 453 g/mol. The van der Waals surface area contributed by atoms with Gasteiger partial charge in [0, 0.05) is 12.1 Å². The van der Waals surface area contributed by atoms with Gasteiger partial charge in [0.15, 0.2) is 0 Å². The van der Waals surface area contributed by atoms with Gasteiger partial charge in [-0.25, -0.2) is 4.79 Å². The molecule has 0 radical (unpaired) electrons. The zero-order valence-corrected chi connectivity index (χ0v) is 18.6. The van der Waals surface area contributed by atoms with Crippen LogP contribution >= 0.6 is 0 Å². The molecule has 0 bridgehead atoms. The number of carbonyl (C=O) groups is 3. The lowest BCUT2D eigenvalue weighted by molar-refractivity contribution is -0.159. The van der Waals surface area contributed by atoms with Crippen LogP contribution in [-0.4, -0.2) is 62.0 Å². The molecule has 9 nitrogen and oxygen atoms in total.